The molecule has 0 aliphatic carbocycles. The van der Waals surface area contributed by atoms with Crippen LogP contribution in [0.25, 0.3) is 0 Å². The SMILES string of the molecule is C/C(=C\C=C\[C@@H](C)COC(=O)N1CCC[C@@H]1CO)[C@H]1OC(=O)CCCCC[C@H](OC(=O)N2CCN(C)CC2)/C=C/[C@@H]1C. The van der Waals surface area contributed by atoms with Crippen LogP contribution in [0.3, 0.4) is 0 Å². The highest BCUT2D eigenvalue weighted by atomic mass is 16.6. The number of likely N-dealkylation sites (N-methyl/N-ethyl adjacent to an activating group) is 1. The van der Waals surface area contributed by atoms with Crippen LogP contribution in [0.5, 0.6) is 0 Å². The van der Waals surface area contributed by atoms with Gasteiger partial charge in [0.1, 0.15) is 12.2 Å². The van der Waals surface area contributed by atoms with Gasteiger partial charge in [0, 0.05) is 51.0 Å². The number of hydrogen-bond acceptors (Lipinski definition) is 8. The van der Waals surface area contributed by atoms with Crippen LogP contribution in [-0.4, -0.2) is 109 Å². The molecule has 2 saturated heterocycles. The largest absolute Gasteiger partial charge is 0.457 e. The van der Waals surface area contributed by atoms with E-state index in [1.807, 2.05) is 51.2 Å². The fourth-order valence-electron chi connectivity index (χ4n) is 5.49. The lowest BCUT2D eigenvalue weighted by Gasteiger charge is -2.32. The second-order valence-corrected chi connectivity index (χ2v) is 12.0. The van der Waals surface area contributed by atoms with Crippen LogP contribution >= 0.6 is 0 Å². The minimum atomic E-state index is -0.453. The minimum absolute atomic E-state index is 0.0138. The fourth-order valence-corrected chi connectivity index (χ4v) is 5.49. The Labute approximate surface area is 251 Å². The van der Waals surface area contributed by atoms with E-state index in [-0.39, 0.29) is 55.4 Å². The summed E-state index contributed by atoms with van der Waals surface area (Å²) in [6.07, 6.45) is 13.5. The van der Waals surface area contributed by atoms with E-state index < -0.39 is 6.10 Å². The van der Waals surface area contributed by atoms with E-state index in [9.17, 15) is 19.5 Å². The molecule has 0 unspecified atom stereocenters. The molecule has 10 heteroatoms. The van der Waals surface area contributed by atoms with Gasteiger partial charge in [0.15, 0.2) is 0 Å². The first-order chi connectivity index (χ1) is 20.2. The van der Waals surface area contributed by atoms with Crippen molar-refractivity contribution in [1.29, 1.82) is 0 Å². The lowest BCUT2D eigenvalue weighted by molar-refractivity contribution is -0.148. The van der Waals surface area contributed by atoms with E-state index in [1.54, 1.807) is 9.80 Å². The molecule has 3 heterocycles. The molecule has 3 aliphatic rings. The number of aliphatic hydroxyl groups is 1. The molecule has 2 amide bonds. The Morgan fingerprint density at radius 1 is 1.07 bits per heavy atom. The minimum Gasteiger partial charge on any atom is -0.457 e. The summed E-state index contributed by atoms with van der Waals surface area (Å²) in [5, 5.41) is 9.44. The first-order valence-electron chi connectivity index (χ1n) is 15.6. The molecule has 3 aliphatic heterocycles. The number of nitrogens with zero attached hydrogens (tertiary/aromatic N) is 3. The van der Waals surface area contributed by atoms with Gasteiger partial charge in [-0.25, -0.2) is 9.59 Å². The van der Waals surface area contributed by atoms with Crippen molar-refractivity contribution < 1.29 is 33.7 Å². The topological polar surface area (TPSA) is 109 Å². The summed E-state index contributed by atoms with van der Waals surface area (Å²) in [6.45, 7) is 9.73. The number of piperazine rings is 1. The molecule has 236 valence electrons. The Morgan fingerprint density at radius 3 is 2.57 bits per heavy atom. The zero-order chi connectivity index (χ0) is 30.5. The zero-order valence-electron chi connectivity index (χ0n) is 25.9. The van der Waals surface area contributed by atoms with Crippen molar-refractivity contribution in [3.63, 3.8) is 0 Å². The third-order valence-corrected chi connectivity index (χ3v) is 8.29. The number of likely N-dealkylation sites (tertiary alicyclic amines) is 1. The smallest absolute Gasteiger partial charge is 0.410 e. The second kappa shape index (κ2) is 17.3. The van der Waals surface area contributed by atoms with Gasteiger partial charge in [-0.1, -0.05) is 44.6 Å². The molecule has 0 spiro atoms. The molecule has 0 bridgehead atoms. The van der Waals surface area contributed by atoms with Crippen molar-refractivity contribution in [2.24, 2.45) is 11.8 Å². The molecule has 1 N–H and O–H groups in total. The standard InChI is InChI=1S/C32H51N3O7/c1-24(23-40-32(39)35-17-9-12-27(35)22-36)10-8-11-25(2)30-26(3)15-16-28(13-6-5-7-14-29(37)42-30)41-31(38)34-20-18-33(4)19-21-34/h8,10-11,15-16,24,26-28,30,36H,5-7,9,12-14,17-23H2,1-4H3/b10-8+,16-15+,25-11+/t24-,26+,27-,28+,30-/m1/s1. The number of aliphatic hydroxyl groups excluding tert-OH is 1. The van der Waals surface area contributed by atoms with Crippen molar-refractivity contribution in [3.05, 3.63) is 36.0 Å². The Hall–Kier alpha value is -2.85. The highest BCUT2D eigenvalue weighted by Gasteiger charge is 2.29. The lowest BCUT2D eigenvalue weighted by Crippen LogP contribution is -2.47. The van der Waals surface area contributed by atoms with Gasteiger partial charge in [-0.3, -0.25) is 4.79 Å². The predicted octanol–water partition coefficient (Wildman–Crippen LogP) is 4.54. The van der Waals surface area contributed by atoms with Gasteiger partial charge in [0.05, 0.1) is 19.3 Å². The number of esters is 1. The summed E-state index contributed by atoms with van der Waals surface area (Å²) >= 11 is 0. The van der Waals surface area contributed by atoms with Gasteiger partial charge in [0.25, 0.3) is 0 Å². The summed E-state index contributed by atoms with van der Waals surface area (Å²) in [7, 11) is 2.05. The summed E-state index contributed by atoms with van der Waals surface area (Å²) in [5.74, 6) is -0.347. The maximum Gasteiger partial charge on any atom is 0.410 e. The third-order valence-electron chi connectivity index (χ3n) is 8.29. The van der Waals surface area contributed by atoms with Gasteiger partial charge < -0.3 is 34.0 Å². The molecule has 0 saturated carbocycles. The number of carbonyl (C=O) groups is 3. The Bertz CT molecular complexity index is 973. The van der Waals surface area contributed by atoms with Gasteiger partial charge >= 0.3 is 18.2 Å². The second-order valence-electron chi connectivity index (χ2n) is 12.0. The van der Waals surface area contributed by atoms with Gasteiger partial charge in [-0.05, 0) is 57.7 Å². The van der Waals surface area contributed by atoms with E-state index in [2.05, 4.69) is 11.9 Å². The summed E-state index contributed by atoms with van der Waals surface area (Å²) in [5.41, 5.74) is 0.895. The summed E-state index contributed by atoms with van der Waals surface area (Å²) in [4.78, 5) is 43.4. The van der Waals surface area contributed by atoms with E-state index in [4.69, 9.17) is 14.2 Å². The van der Waals surface area contributed by atoms with Crippen molar-refractivity contribution in [3.8, 4) is 0 Å². The third kappa shape index (κ3) is 10.8. The lowest BCUT2D eigenvalue weighted by atomic mass is 9.95. The van der Waals surface area contributed by atoms with Crippen molar-refractivity contribution in [2.45, 2.75) is 84.0 Å². The number of cyclic esters (lactones) is 1. The number of allylic oxidation sites excluding steroid dienone is 2. The van der Waals surface area contributed by atoms with Crippen LogP contribution in [0.1, 0.15) is 65.7 Å². The van der Waals surface area contributed by atoms with Crippen molar-refractivity contribution >= 4 is 18.2 Å². The molecular formula is C32H51N3O7. The fraction of sp³-hybridized carbons (Fsp3) is 0.719. The molecular weight excluding hydrogens is 538 g/mol. The average Bonchev–Trinajstić information content (AvgIpc) is 3.45. The first-order valence-corrected chi connectivity index (χ1v) is 15.6. The normalized spacial score (nSPS) is 28.5. The number of ether oxygens (including phenoxy) is 3. The molecule has 10 nitrogen and oxygen atoms in total. The maximum atomic E-state index is 12.8. The predicted molar refractivity (Wildman–Crippen MR) is 161 cm³/mol. The highest BCUT2D eigenvalue weighted by molar-refractivity contribution is 5.70. The summed E-state index contributed by atoms with van der Waals surface area (Å²) in [6, 6.07) is -0.155. The molecule has 2 fully saturated rings. The number of rotatable bonds is 7. The van der Waals surface area contributed by atoms with E-state index in [0.29, 0.717) is 26.1 Å². The van der Waals surface area contributed by atoms with Gasteiger partial charge in [0.2, 0.25) is 0 Å². The molecule has 3 rings (SSSR count). The number of carbonyl (C=O) groups excluding carboxylic acids is 3. The average molecular weight is 590 g/mol. The van der Waals surface area contributed by atoms with Crippen LogP contribution in [0.2, 0.25) is 0 Å². The molecule has 0 aromatic carbocycles. The Morgan fingerprint density at radius 2 is 1.83 bits per heavy atom. The van der Waals surface area contributed by atoms with E-state index in [1.165, 1.54) is 0 Å². The molecule has 0 radical (unpaired) electrons. The maximum absolute atomic E-state index is 12.8. The number of amides is 2. The van der Waals surface area contributed by atoms with Crippen LogP contribution in [0.4, 0.5) is 9.59 Å². The van der Waals surface area contributed by atoms with Crippen molar-refractivity contribution in [2.75, 3.05) is 53.0 Å². The molecule has 42 heavy (non-hydrogen) atoms. The van der Waals surface area contributed by atoms with Crippen LogP contribution < -0.4 is 0 Å². The Balaban J connectivity index is 1.59. The van der Waals surface area contributed by atoms with Gasteiger partial charge in [-0.2, -0.15) is 0 Å². The van der Waals surface area contributed by atoms with E-state index in [0.717, 1.165) is 57.2 Å². The van der Waals surface area contributed by atoms with E-state index >= 15 is 0 Å². The highest BCUT2D eigenvalue weighted by Crippen LogP contribution is 2.23. The van der Waals surface area contributed by atoms with Crippen LogP contribution in [0, 0.1) is 11.8 Å². The summed E-state index contributed by atoms with van der Waals surface area (Å²) < 4.78 is 17.3. The zero-order valence-corrected chi connectivity index (χ0v) is 25.9. The van der Waals surface area contributed by atoms with Crippen LogP contribution in [0.15, 0.2) is 36.0 Å². The monoisotopic (exact) mass is 589 g/mol. The van der Waals surface area contributed by atoms with Crippen LogP contribution in [-0.2, 0) is 19.0 Å². The molecule has 0 aromatic heterocycles. The van der Waals surface area contributed by atoms with Crippen molar-refractivity contribution in [1.82, 2.24) is 14.7 Å². The Kier molecular flexibility index (Phi) is 13.9. The van der Waals surface area contributed by atoms with Gasteiger partial charge in [-0.15, -0.1) is 0 Å². The number of hydrogen-bond donors (Lipinski definition) is 1. The first kappa shape index (κ1) is 33.6. The molecule has 0 aromatic rings. The molecule has 5 atom stereocenters. The quantitative estimate of drug-likeness (QED) is 0.200.